The van der Waals surface area contributed by atoms with Crippen LogP contribution in [0.25, 0.3) is 0 Å². The highest BCUT2D eigenvalue weighted by Gasteiger charge is 2.63. The Morgan fingerprint density at radius 1 is 0.720 bits per heavy atom. The third-order valence-electron chi connectivity index (χ3n) is 11.0. The molecule has 8 aliphatic carbocycles. The molecule has 0 aromatic rings. The lowest BCUT2D eigenvalue weighted by molar-refractivity contribution is -0.168. The van der Waals surface area contributed by atoms with E-state index in [1.807, 2.05) is 0 Å². The predicted molar refractivity (Wildman–Crippen MR) is 99.0 cm³/mol. The lowest BCUT2D eigenvalue weighted by Gasteiger charge is -2.59. The van der Waals surface area contributed by atoms with E-state index in [0.29, 0.717) is 17.6 Å². The van der Waals surface area contributed by atoms with Gasteiger partial charge in [-0.1, -0.05) is 0 Å². The highest BCUT2D eigenvalue weighted by atomic mass is 16.5. The molecule has 8 aliphatic rings. The largest absolute Gasteiger partial charge is 0.374 e. The van der Waals surface area contributed by atoms with Crippen molar-refractivity contribution >= 4 is 0 Å². The minimum absolute atomic E-state index is 0.544. The average molecular weight is 341 g/mol. The Hall–Kier alpha value is -0.0400. The maximum atomic E-state index is 7.05. The van der Waals surface area contributed by atoms with Gasteiger partial charge in [0.05, 0.1) is 12.2 Å². The summed E-state index contributed by atoms with van der Waals surface area (Å²) < 4.78 is 7.05. The Balaban J connectivity index is 1.10. The molecular weight excluding hydrogens is 304 g/mol. The van der Waals surface area contributed by atoms with Crippen molar-refractivity contribution in [2.24, 2.45) is 58.7 Å². The molecule has 0 spiro atoms. The van der Waals surface area contributed by atoms with Gasteiger partial charge < -0.3 is 4.74 Å². The zero-order chi connectivity index (χ0) is 16.3. The first-order valence-corrected chi connectivity index (χ1v) is 11.8. The van der Waals surface area contributed by atoms with Gasteiger partial charge in [-0.2, -0.15) is 0 Å². The molecule has 1 nitrogen and oxygen atoms in total. The molecule has 0 N–H and O–H groups in total. The van der Waals surface area contributed by atoms with Gasteiger partial charge in [-0.25, -0.2) is 0 Å². The van der Waals surface area contributed by atoms with E-state index < -0.39 is 0 Å². The molecule has 8 atom stereocenters. The van der Waals surface area contributed by atoms with Crippen LogP contribution in [0.1, 0.15) is 77.6 Å². The van der Waals surface area contributed by atoms with Crippen molar-refractivity contribution in [1.82, 2.24) is 0 Å². The van der Waals surface area contributed by atoms with Crippen molar-refractivity contribution < 1.29 is 4.74 Å². The molecule has 8 fully saturated rings. The maximum absolute atomic E-state index is 7.05. The van der Waals surface area contributed by atoms with E-state index >= 15 is 0 Å². The van der Waals surface area contributed by atoms with E-state index in [-0.39, 0.29) is 0 Å². The van der Waals surface area contributed by atoms with Crippen LogP contribution in [-0.2, 0) is 4.74 Å². The lowest BCUT2D eigenvalue weighted by Crippen LogP contribution is -2.52. The predicted octanol–water partition coefficient (Wildman–Crippen LogP) is 5.68. The zero-order valence-electron chi connectivity index (χ0n) is 16.0. The summed E-state index contributed by atoms with van der Waals surface area (Å²) in [6.45, 7) is 2.50. The second-order valence-corrected chi connectivity index (χ2v) is 12.0. The fraction of sp³-hybridized carbons (Fsp3) is 1.00. The van der Waals surface area contributed by atoms with Crippen molar-refractivity contribution in [2.75, 3.05) is 0 Å². The van der Waals surface area contributed by atoms with Crippen LogP contribution in [-0.4, -0.2) is 12.2 Å². The summed E-state index contributed by atoms with van der Waals surface area (Å²) in [6.07, 6.45) is 18.1. The first-order valence-electron chi connectivity index (χ1n) is 11.8. The molecular formula is C24H36O. The first-order chi connectivity index (χ1) is 12.2. The topological polar surface area (TPSA) is 9.23 Å². The summed E-state index contributed by atoms with van der Waals surface area (Å²) in [5, 5.41) is 0. The Morgan fingerprint density at radius 2 is 1.36 bits per heavy atom. The quantitative estimate of drug-likeness (QED) is 0.601. The van der Waals surface area contributed by atoms with Crippen LogP contribution in [0.4, 0.5) is 0 Å². The molecule has 0 heterocycles. The molecule has 8 unspecified atom stereocenters. The second-order valence-electron chi connectivity index (χ2n) is 12.0. The molecule has 25 heavy (non-hydrogen) atoms. The van der Waals surface area contributed by atoms with Gasteiger partial charge in [0.1, 0.15) is 0 Å². The van der Waals surface area contributed by atoms with Crippen molar-refractivity contribution in [2.45, 2.75) is 89.8 Å². The summed E-state index contributed by atoms with van der Waals surface area (Å²) in [7, 11) is 0. The summed E-state index contributed by atoms with van der Waals surface area (Å²) in [5.74, 6) is 9.66. The van der Waals surface area contributed by atoms with Crippen molar-refractivity contribution in [3.05, 3.63) is 0 Å². The Labute approximate surface area is 153 Å². The van der Waals surface area contributed by atoms with Gasteiger partial charge in [0, 0.05) is 0 Å². The van der Waals surface area contributed by atoms with E-state index in [2.05, 4.69) is 6.92 Å². The fourth-order valence-electron chi connectivity index (χ4n) is 10.7. The molecule has 138 valence electrons. The molecule has 0 amide bonds. The summed E-state index contributed by atoms with van der Waals surface area (Å²) >= 11 is 0. The lowest BCUT2D eigenvalue weighted by atomic mass is 9.48. The highest BCUT2D eigenvalue weighted by molar-refractivity contribution is 5.12. The summed E-state index contributed by atoms with van der Waals surface area (Å²) in [6, 6.07) is 0. The van der Waals surface area contributed by atoms with Crippen LogP contribution < -0.4 is 0 Å². The van der Waals surface area contributed by atoms with E-state index in [1.54, 1.807) is 44.9 Å². The van der Waals surface area contributed by atoms with Crippen molar-refractivity contribution in [3.8, 4) is 0 Å². The second kappa shape index (κ2) is 4.86. The molecule has 0 radical (unpaired) electrons. The Morgan fingerprint density at radius 3 is 2.04 bits per heavy atom. The van der Waals surface area contributed by atoms with Crippen LogP contribution in [0.3, 0.4) is 0 Å². The highest BCUT2D eigenvalue weighted by Crippen LogP contribution is 2.68. The number of hydrogen-bond acceptors (Lipinski definition) is 1. The molecule has 8 saturated carbocycles. The van der Waals surface area contributed by atoms with Crippen molar-refractivity contribution in [3.63, 3.8) is 0 Å². The van der Waals surface area contributed by atoms with E-state index in [1.165, 1.54) is 25.7 Å². The Bertz CT molecular complexity index is 545. The van der Waals surface area contributed by atoms with E-state index in [4.69, 9.17) is 4.74 Å². The van der Waals surface area contributed by atoms with Crippen LogP contribution in [0, 0.1) is 58.7 Å². The van der Waals surface area contributed by atoms with Gasteiger partial charge in [-0.3, -0.25) is 0 Å². The molecule has 1 heteroatoms. The smallest absolute Gasteiger partial charge is 0.0612 e. The fourth-order valence-corrected chi connectivity index (χ4v) is 10.7. The Kier molecular flexibility index (Phi) is 2.91. The van der Waals surface area contributed by atoms with Gasteiger partial charge in [0.25, 0.3) is 0 Å². The van der Waals surface area contributed by atoms with Crippen LogP contribution in [0.15, 0.2) is 0 Å². The SMILES string of the molecule is CC(OC1CC2CC1C1C3CCC(C3)C21)C12CC3CC(CC(C3)C1)C2. The molecule has 0 aromatic heterocycles. The van der Waals surface area contributed by atoms with Gasteiger partial charge in [-0.15, -0.1) is 0 Å². The third kappa shape index (κ3) is 1.90. The van der Waals surface area contributed by atoms with Gasteiger partial charge in [0.2, 0.25) is 0 Å². The number of rotatable bonds is 3. The van der Waals surface area contributed by atoms with Crippen molar-refractivity contribution in [1.29, 1.82) is 0 Å². The monoisotopic (exact) mass is 340 g/mol. The van der Waals surface area contributed by atoms with Gasteiger partial charge in [0.15, 0.2) is 0 Å². The van der Waals surface area contributed by atoms with Crippen LogP contribution in [0.2, 0.25) is 0 Å². The van der Waals surface area contributed by atoms with Crippen LogP contribution >= 0.6 is 0 Å². The van der Waals surface area contributed by atoms with E-state index in [0.717, 1.165) is 53.3 Å². The van der Waals surface area contributed by atoms with Crippen LogP contribution in [0.5, 0.6) is 0 Å². The number of hydrogen-bond donors (Lipinski definition) is 0. The van der Waals surface area contributed by atoms with E-state index in [9.17, 15) is 0 Å². The van der Waals surface area contributed by atoms with Gasteiger partial charge in [-0.05, 0) is 136 Å². The van der Waals surface area contributed by atoms with Gasteiger partial charge >= 0.3 is 0 Å². The summed E-state index contributed by atoms with van der Waals surface area (Å²) in [5.41, 5.74) is 0.588. The molecule has 0 saturated heterocycles. The minimum atomic E-state index is 0.544. The number of fused-ring (bicyclic) bond motifs is 9. The average Bonchev–Trinajstić information content (AvgIpc) is 3.33. The minimum Gasteiger partial charge on any atom is -0.374 e. The normalized spacial score (nSPS) is 64.2. The zero-order valence-corrected chi connectivity index (χ0v) is 16.0. The standard InChI is InChI=1S/C24H36O/c1-13(24-10-14-4-15(11-24)6-16(5-14)12-24)25-21-9-19-8-20(21)23-18-3-2-17(7-18)22(19)23/h13-23H,2-12H2,1H3. The maximum Gasteiger partial charge on any atom is 0.0612 e. The molecule has 8 bridgehead atoms. The molecule has 0 aliphatic heterocycles. The first kappa shape index (κ1) is 14.9. The molecule has 0 aromatic carbocycles. The number of ether oxygens (including phenoxy) is 1. The molecule has 8 rings (SSSR count). The third-order valence-corrected chi connectivity index (χ3v) is 11.0. The summed E-state index contributed by atoms with van der Waals surface area (Å²) in [4.78, 5) is 0.